The van der Waals surface area contributed by atoms with Crippen molar-refractivity contribution < 1.29 is 4.79 Å². The third-order valence-corrected chi connectivity index (χ3v) is 8.47. The SMILES string of the molecule is Cc1ccccc1NC(=O)CSc1nnc2n1-c1sc3c(c1C1NC(C)NN21)CCCC3. The second kappa shape index (κ2) is 7.87. The first-order chi connectivity index (χ1) is 15.6. The molecule has 1 saturated heterocycles. The highest BCUT2D eigenvalue weighted by Gasteiger charge is 2.43. The highest BCUT2D eigenvalue weighted by atomic mass is 32.2. The number of anilines is 2. The highest BCUT2D eigenvalue weighted by Crippen LogP contribution is 2.48. The summed E-state index contributed by atoms with van der Waals surface area (Å²) in [6.07, 6.45) is 4.96. The lowest BCUT2D eigenvalue weighted by molar-refractivity contribution is -0.113. The molecule has 1 fully saturated rings. The summed E-state index contributed by atoms with van der Waals surface area (Å²) in [6.45, 7) is 4.11. The molecule has 32 heavy (non-hydrogen) atoms. The molecule has 166 valence electrons. The maximum absolute atomic E-state index is 12.6. The minimum atomic E-state index is -0.0457. The number of aryl methyl sites for hydroxylation is 2. The van der Waals surface area contributed by atoms with Gasteiger partial charge in [-0.1, -0.05) is 30.0 Å². The first-order valence-corrected chi connectivity index (χ1v) is 12.8. The van der Waals surface area contributed by atoms with E-state index >= 15 is 0 Å². The van der Waals surface area contributed by atoms with Crippen molar-refractivity contribution in [3.05, 3.63) is 45.8 Å². The number of nitrogens with zero attached hydrogens (tertiary/aromatic N) is 4. The van der Waals surface area contributed by atoms with Crippen LogP contribution < -0.4 is 21.1 Å². The van der Waals surface area contributed by atoms with Gasteiger partial charge < -0.3 is 5.32 Å². The summed E-state index contributed by atoms with van der Waals surface area (Å²) < 4.78 is 2.13. The normalized spacial score (nSPS) is 21.0. The first kappa shape index (κ1) is 20.2. The van der Waals surface area contributed by atoms with E-state index in [-0.39, 0.29) is 24.0 Å². The molecular weight excluding hydrogens is 442 g/mol. The van der Waals surface area contributed by atoms with Gasteiger partial charge >= 0.3 is 0 Å². The molecule has 2 atom stereocenters. The van der Waals surface area contributed by atoms with Crippen molar-refractivity contribution in [3.63, 3.8) is 0 Å². The van der Waals surface area contributed by atoms with Crippen LogP contribution in [-0.2, 0) is 17.6 Å². The Bertz CT molecular complexity index is 1200. The Morgan fingerprint density at radius 1 is 1.28 bits per heavy atom. The summed E-state index contributed by atoms with van der Waals surface area (Å²) in [5.74, 6) is 1.01. The van der Waals surface area contributed by atoms with E-state index < -0.39 is 0 Å². The number of nitrogens with one attached hydrogen (secondary N) is 3. The van der Waals surface area contributed by atoms with Gasteiger partial charge in [0, 0.05) is 16.1 Å². The van der Waals surface area contributed by atoms with Crippen LogP contribution in [0.25, 0.3) is 5.00 Å². The van der Waals surface area contributed by atoms with Crippen molar-refractivity contribution >= 4 is 40.6 Å². The van der Waals surface area contributed by atoms with Gasteiger partial charge in [-0.2, -0.15) is 0 Å². The molecule has 3 N–H and O–H groups in total. The molecule has 3 aliphatic rings. The molecule has 0 bridgehead atoms. The summed E-state index contributed by atoms with van der Waals surface area (Å²) in [4.78, 5) is 14.1. The van der Waals surface area contributed by atoms with Crippen molar-refractivity contribution in [1.82, 2.24) is 25.5 Å². The minimum Gasteiger partial charge on any atom is -0.325 e. The summed E-state index contributed by atoms with van der Waals surface area (Å²) in [7, 11) is 0. The van der Waals surface area contributed by atoms with Gasteiger partial charge in [-0.05, 0) is 56.7 Å². The predicted octanol–water partition coefficient (Wildman–Crippen LogP) is 3.52. The zero-order chi connectivity index (χ0) is 21.8. The number of rotatable bonds is 4. The second-order valence-electron chi connectivity index (χ2n) is 8.49. The van der Waals surface area contributed by atoms with E-state index in [2.05, 4.69) is 42.8 Å². The molecule has 6 rings (SSSR count). The number of fused-ring (bicyclic) bond motifs is 8. The number of benzene rings is 1. The van der Waals surface area contributed by atoms with E-state index in [9.17, 15) is 4.79 Å². The van der Waals surface area contributed by atoms with Crippen LogP contribution in [0.4, 0.5) is 11.6 Å². The second-order valence-corrected chi connectivity index (χ2v) is 10.5. The number of carbonyl (C=O) groups is 1. The number of hydrogen-bond acceptors (Lipinski definition) is 8. The fourth-order valence-corrected chi connectivity index (χ4v) is 6.97. The Hall–Kier alpha value is -2.40. The number of amides is 1. The fourth-order valence-electron chi connectivity index (χ4n) is 4.76. The summed E-state index contributed by atoms with van der Waals surface area (Å²) in [5.41, 5.74) is 8.21. The molecule has 0 spiro atoms. The summed E-state index contributed by atoms with van der Waals surface area (Å²) in [5, 5.41) is 19.7. The van der Waals surface area contributed by atoms with Crippen LogP contribution in [0.2, 0.25) is 0 Å². The number of carbonyl (C=O) groups excluding carboxylic acids is 1. The van der Waals surface area contributed by atoms with Crippen LogP contribution >= 0.6 is 23.1 Å². The maximum atomic E-state index is 12.6. The number of thioether (sulfide) groups is 1. The molecule has 0 radical (unpaired) electrons. The van der Waals surface area contributed by atoms with Crippen molar-refractivity contribution in [1.29, 1.82) is 0 Å². The Kier molecular flexibility index (Phi) is 4.98. The third-order valence-electron chi connectivity index (χ3n) is 6.25. The van der Waals surface area contributed by atoms with Crippen LogP contribution in [0, 0.1) is 6.92 Å². The van der Waals surface area contributed by atoms with Crippen LogP contribution in [0.15, 0.2) is 29.4 Å². The lowest BCUT2D eigenvalue weighted by atomic mass is 9.94. The number of para-hydroxylation sites is 1. The Morgan fingerprint density at radius 3 is 3.00 bits per heavy atom. The monoisotopic (exact) mass is 467 g/mol. The van der Waals surface area contributed by atoms with E-state index in [0.29, 0.717) is 0 Å². The number of hydrazine groups is 1. The van der Waals surface area contributed by atoms with Crippen LogP contribution in [0.3, 0.4) is 0 Å². The molecule has 8 nitrogen and oxygen atoms in total. The predicted molar refractivity (Wildman–Crippen MR) is 127 cm³/mol. The van der Waals surface area contributed by atoms with E-state index in [0.717, 1.165) is 35.2 Å². The zero-order valence-corrected chi connectivity index (χ0v) is 19.6. The van der Waals surface area contributed by atoms with E-state index in [1.54, 1.807) is 0 Å². The molecule has 0 saturated carbocycles. The summed E-state index contributed by atoms with van der Waals surface area (Å²) in [6, 6.07) is 7.81. The molecule has 2 unspecified atom stereocenters. The zero-order valence-electron chi connectivity index (χ0n) is 18.0. The minimum absolute atomic E-state index is 0.0457. The molecule has 4 heterocycles. The first-order valence-electron chi connectivity index (χ1n) is 11.0. The number of thiophene rings is 1. The molecular formula is C22H25N7OS2. The molecule has 2 aromatic heterocycles. The largest absolute Gasteiger partial charge is 0.325 e. The molecule has 1 aliphatic carbocycles. The van der Waals surface area contributed by atoms with Gasteiger partial charge in [0.1, 0.15) is 11.2 Å². The van der Waals surface area contributed by atoms with Gasteiger partial charge in [0.05, 0.1) is 11.9 Å². The molecule has 1 amide bonds. The van der Waals surface area contributed by atoms with Crippen molar-refractivity contribution in [2.75, 3.05) is 16.1 Å². The lowest BCUT2D eigenvalue weighted by Gasteiger charge is -2.31. The molecule has 10 heteroatoms. The Labute approximate surface area is 194 Å². The summed E-state index contributed by atoms with van der Waals surface area (Å²) >= 11 is 3.29. The van der Waals surface area contributed by atoms with Crippen molar-refractivity contribution in [2.45, 2.75) is 57.0 Å². The van der Waals surface area contributed by atoms with Gasteiger partial charge in [0.2, 0.25) is 11.9 Å². The Balaban J connectivity index is 1.31. The van der Waals surface area contributed by atoms with Crippen molar-refractivity contribution in [3.8, 4) is 5.00 Å². The van der Waals surface area contributed by atoms with E-state index in [1.165, 1.54) is 45.6 Å². The molecule has 3 aromatic rings. The van der Waals surface area contributed by atoms with E-state index in [4.69, 9.17) is 0 Å². The van der Waals surface area contributed by atoms with Gasteiger partial charge in [-0.15, -0.1) is 21.5 Å². The van der Waals surface area contributed by atoms with Gasteiger partial charge in [-0.3, -0.25) is 15.1 Å². The molecule has 2 aliphatic heterocycles. The van der Waals surface area contributed by atoms with Crippen LogP contribution in [0.5, 0.6) is 0 Å². The standard InChI is InChI=1S/C22H25N7OS2/c1-12-7-3-5-9-15(12)24-17(30)11-31-22-26-25-21-28(22)20-18(19-23-13(2)27-29(19)21)14-8-4-6-10-16(14)32-20/h3,5,7,9,13,19,23,27H,4,6,8,10-11H2,1-2H3,(H,24,30). The van der Waals surface area contributed by atoms with Crippen molar-refractivity contribution in [2.24, 2.45) is 0 Å². The maximum Gasteiger partial charge on any atom is 0.249 e. The lowest BCUT2D eigenvalue weighted by Crippen LogP contribution is -2.40. The Morgan fingerprint density at radius 2 is 2.12 bits per heavy atom. The van der Waals surface area contributed by atoms with Crippen LogP contribution in [-0.4, -0.2) is 32.6 Å². The molecule has 1 aromatic carbocycles. The van der Waals surface area contributed by atoms with Gasteiger partial charge in [0.15, 0.2) is 5.16 Å². The quantitative estimate of drug-likeness (QED) is 0.506. The van der Waals surface area contributed by atoms with E-state index in [1.807, 2.05) is 42.5 Å². The van der Waals surface area contributed by atoms with Crippen LogP contribution in [0.1, 0.15) is 47.5 Å². The van der Waals surface area contributed by atoms with Gasteiger partial charge in [-0.25, -0.2) is 9.99 Å². The smallest absolute Gasteiger partial charge is 0.249 e. The van der Waals surface area contributed by atoms with Gasteiger partial charge in [0.25, 0.3) is 0 Å². The average molecular weight is 468 g/mol. The fraction of sp³-hybridized carbons (Fsp3) is 0.409. The topological polar surface area (TPSA) is 87.1 Å². The number of aromatic nitrogens is 3. The third kappa shape index (κ3) is 3.24. The average Bonchev–Trinajstić information content (AvgIpc) is 3.47. The highest BCUT2D eigenvalue weighted by molar-refractivity contribution is 7.99. The number of hydrogen-bond donors (Lipinski definition) is 3.